The van der Waals surface area contributed by atoms with Crippen molar-refractivity contribution in [2.75, 3.05) is 13.2 Å². The Balaban J connectivity index is 3.93. The fourth-order valence-corrected chi connectivity index (χ4v) is 7.80. The minimum Gasteiger partial charge on any atom is -0.462 e. The van der Waals surface area contributed by atoms with E-state index in [9.17, 15) is 14.4 Å². The first-order valence-electron chi connectivity index (χ1n) is 27.0. The van der Waals surface area contributed by atoms with Gasteiger partial charge in [0.25, 0.3) is 0 Å². The van der Waals surface area contributed by atoms with Crippen molar-refractivity contribution >= 4 is 17.9 Å². The second-order valence-electron chi connectivity index (χ2n) is 18.2. The zero-order valence-corrected chi connectivity index (χ0v) is 41.4. The standard InChI is InChI=1S/C56H102O6/c1-4-7-10-13-15-17-19-20-21-22-23-24-25-26-27-28-29-30-31-32-33-34-35-36-37-39-40-43-46-49-55(58)61-52-53(51-60-54(57)48-45-42-12-9-6-3)62-56(59)50-47-44-41-38-18-16-14-11-8-5-2/h19-20,22-23,25-26,53H,4-18,21,24,27-52H2,1-3H3/b20-19-,23-22-,26-25-. The summed E-state index contributed by atoms with van der Waals surface area (Å²) in [5.41, 5.74) is 0. The SMILES string of the molecule is CCCCCCC/C=C\C/C=C\C/C=C\CCCCCCCCCCCCCCCCC(=O)OCC(COC(=O)CCCCCCC)OC(=O)CCCCCCCCCCCC. The highest BCUT2D eigenvalue weighted by molar-refractivity contribution is 5.71. The fourth-order valence-electron chi connectivity index (χ4n) is 7.80. The summed E-state index contributed by atoms with van der Waals surface area (Å²) >= 11 is 0. The zero-order valence-electron chi connectivity index (χ0n) is 41.4. The molecule has 0 aliphatic carbocycles. The Hall–Kier alpha value is -2.37. The minimum atomic E-state index is -0.762. The molecule has 0 heterocycles. The van der Waals surface area contributed by atoms with Gasteiger partial charge in [0, 0.05) is 19.3 Å². The third kappa shape index (κ3) is 48.7. The molecule has 0 aliphatic heterocycles. The van der Waals surface area contributed by atoms with Crippen molar-refractivity contribution in [3.8, 4) is 0 Å². The van der Waals surface area contributed by atoms with E-state index in [4.69, 9.17) is 14.2 Å². The van der Waals surface area contributed by atoms with Gasteiger partial charge in [-0.15, -0.1) is 0 Å². The van der Waals surface area contributed by atoms with Crippen LogP contribution in [0.3, 0.4) is 0 Å². The summed E-state index contributed by atoms with van der Waals surface area (Å²) in [5, 5.41) is 0. The molecule has 6 nitrogen and oxygen atoms in total. The lowest BCUT2D eigenvalue weighted by Crippen LogP contribution is -2.30. The zero-order chi connectivity index (χ0) is 45.1. The topological polar surface area (TPSA) is 78.9 Å². The first kappa shape index (κ1) is 59.6. The Morgan fingerprint density at radius 2 is 0.581 bits per heavy atom. The average molecular weight is 871 g/mol. The number of unbranched alkanes of at least 4 members (excludes halogenated alkanes) is 32. The Labute approximate surface area is 385 Å². The van der Waals surface area contributed by atoms with Crippen molar-refractivity contribution < 1.29 is 28.6 Å². The van der Waals surface area contributed by atoms with E-state index in [1.165, 1.54) is 167 Å². The fraction of sp³-hybridized carbons (Fsp3) is 0.839. The molecule has 0 spiro atoms. The number of carbonyl (C=O) groups excluding carboxylic acids is 3. The van der Waals surface area contributed by atoms with Gasteiger partial charge in [0.15, 0.2) is 6.10 Å². The summed E-state index contributed by atoms with van der Waals surface area (Å²) in [6.45, 7) is 6.55. The summed E-state index contributed by atoms with van der Waals surface area (Å²) in [7, 11) is 0. The molecule has 0 amide bonds. The van der Waals surface area contributed by atoms with Crippen LogP contribution in [-0.4, -0.2) is 37.2 Å². The van der Waals surface area contributed by atoms with Gasteiger partial charge in [-0.05, 0) is 57.8 Å². The second-order valence-corrected chi connectivity index (χ2v) is 18.2. The highest BCUT2D eigenvalue weighted by Gasteiger charge is 2.19. The van der Waals surface area contributed by atoms with Gasteiger partial charge in [-0.3, -0.25) is 14.4 Å². The molecular weight excluding hydrogens is 769 g/mol. The Morgan fingerprint density at radius 3 is 0.903 bits per heavy atom. The van der Waals surface area contributed by atoms with Crippen molar-refractivity contribution in [3.05, 3.63) is 36.5 Å². The van der Waals surface area contributed by atoms with Crippen molar-refractivity contribution in [2.24, 2.45) is 0 Å². The first-order valence-corrected chi connectivity index (χ1v) is 27.0. The molecule has 0 bridgehead atoms. The number of ether oxygens (including phenoxy) is 3. The molecule has 0 rings (SSSR count). The van der Waals surface area contributed by atoms with Gasteiger partial charge >= 0.3 is 17.9 Å². The molecule has 1 unspecified atom stereocenters. The molecule has 0 radical (unpaired) electrons. The van der Waals surface area contributed by atoms with Crippen LogP contribution in [-0.2, 0) is 28.6 Å². The van der Waals surface area contributed by atoms with Crippen LogP contribution in [0.4, 0.5) is 0 Å². The van der Waals surface area contributed by atoms with Crippen LogP contribution in [0, 0.1) is 0 Å². The summed E-state index contributed by atoms with van der Waals surface area (Å²) in [6, 6.07) is 0. The smallest absolute Gasteiger partial charge is 0.306 e. The van der Waals surface area contributed by atoms with Crippen LogP contribution in [0.1, 0.15) is 284 Å². The van der Waals surface area contributed by atoms with Gasteiger partial charge in [0.05, 0.1) is 0 Å². The summed E-state index contributed by atoms with van der Waals surface area (Å²) in [4.78, 5) is 37.5. The number of hydrogen-bond donors (Lipinski definition) is 0. The first-order chi connectivity index (χ1) is 30.5. The quantitative estimate of drug-likeness (QED) is 0.0262. The van der Waals surface area contributed by atoms with Gasteiger partial charge in [0.2, 0.25) is 0 Å². The van der Waals surface area contributed by atoms with E-state index in [1.54, 1.807) is 0 Å². The summed E-state index contributed by atoms with van der Waals surface area (Å²) in [6.07, 6.45) is 60.5. The van der Waals surface area contributed by atoms with Crippen LogP contribution in [0.2, 0.25) is 0 Å². The van der Waals surface area contributed by atoms with Gasteiger partial charge in [-0.2, -0.15) is 0 Å². The molecule has 0 aromatic heterocycles. The molecular formula is C56H102O6. The van der Waals surface area contributed by atoms with E-state index < -0.39 is 6.10 Å². The van der Waals surface area contributed by atoms with Gasteiger partial charge < -0.3 is 14.2 Å². The molecule has 6 heteroatoms. The van der Waals surface area contributed by atoms with Crippen LogP contribution in [0.25, 0.3) is 0 Å². The third-order valence-corrected chi connectivity index (χ3v) is 11.9. The van der Waals surface area contributed by atoms with E-state index >= 15 is 0 Å². The van der Waals surface area contributed by atoms with Crippen LogP contribution < -0.4 is 0 Å². The molecule has 62 heavy (non-hydrogen) atoms. The van der Waals surface area contributed by atoms with Crippen LogP contribution >= 0.6 is 0 Å². The molecule has 362 valence electrons. The van der Waals surface area contributed by atoms with Crippen molar-refractivity contribution in [1.82, 2.24) is 0 Å². The molecule has 0 aromatic rings. The number of allylic oxidation sites excluding steroid dienone is 6. The van der Waals surface area contributed by atoms with Crippen LogP contribution in [0.5, 0.6) is 0 Å². The maximum atomic E-state index is 12.7. The summed E-state index contributed by atoms with van der Waals surface area (Å²) < 4.78 is 16.6. The maximum Gasteiger partial charge on any atom is 0.306 e. The molecule has 1 atom stereocenters. The lowest BCUT2D eigenvalue weighted by molar-refractivity contribution is -0.167. The second kappa shape index (κ2) is 51.3. The Bertz CT molecular complexity index is 1050. The van der Waals surface area contributed by atoms with Gasteiger partial charge in [-0.25, -0.2) is 0 Å². The summed E-state index contributed by atoms with van der Waals surface area (Å²) in [5.74, 6) is -0.877. The third-order valence-electron chi connectivity index (χ3n) is 11.9. The lowest BCUT2D eigenvalue weighted by Gasteiger charge is -2.18. The largest absolute Gasteiger partial charge is 0.462 e. The van der Waals surface area contributed by atoms with E-state index in [1.807, 2.05) is 0 Å². The molecule has 0 aliphatic rings. The van der Waals surface area contributed by atoms with E-state index in [0.29, 0.717) is 19.3 Å². The number of hydrogen-bond acceptors (Lipinski definition) is 6. The highest BCUT2D eigenvalue weighted by atomic mass is 16.6. The molecule has 0 saturated heterocycles. The molecule has 0 saturated carbocycles. The number of esters is 3. The maximum absolute atomic E-state index is 12.7. The highest BCUT2D eigenvalue weighted by Crippen LogP contribution is 2.16. The Morgan fingerprint density at radius 1 is 0.323 bits per heavy atom. The molecule has 0 fully saturated rings. The van der Waals surface area contributed by atoms with E-state index in [0.717, 1.165) is 77.0 Å². The molecule has 0 N–H and O–H groups in total. The monoisotopic (exact) mass is 871 g/mol. The Kier molecular flexibility index (Phi) is 49.3. The van der Waals surface area contributed by atoms with E-state index in [-0.39, 0.29) is 31.1 Å². The van der Waals surface area contributed by atoms with E-state index in [2.05, 4.69) is 57.2 Å². The van der Waals surface area contributed by atoms with Gasteiger partial charge in [0.1, 0.15) is 13.2 Å². The predicted molar refractivity (Wildman–Crippen MR) is 266 cm³/mol. The minimum absolute atomic E-state index is 0.0692. The average Bonchev–Trinajstić information content (AvgIpc) is 3.27. The number of rotatable bonds is 49. The molecule has 0 aromatic carbocycles. The van der Waals surface area contributed by atoms with Crippen molar-refractivity contribution in [3.63, 3.8) is 0 Å². The van der Waals surface area contributed by atoms with Crippen LogP contribution in [0.15, 0.2) is 36.5 Å². The number of carbonyl (C=O) groups is 3. The lowest BCUT2D eigenvalue weighted by atomic mass is 10.0. The predicted octanol–water partition coefficient (Wildman–Crippen LogP) is 17.7. The van der Waals surface area contributed by atoms with Crippen molar-refractivity contribution in [1.29, 1.82) is 0 Å². The normalized spacial score (nSPS) is 12.2. The van der Waals surface area contributed by atoms with Gasteiger partial charge in [-0.1, -0.05) is 243 Å². The van der Waals surface area contributed by atoms with Crippen molar-refractivity contribution in [2.45, 2.75) is 290 Å².